The minimum atomic E-state index is -0.470. The lowest BCUT2D eigenvalue weighted by molar-refractivity contribution is -0.385. The van der Waals surface area contributed by atoms with Crippen molar-refractivity contribution in [2.45, 2.75) is 19.9 Å². The van der Waals surface area contributed by atoms with Crippen LogP contribution >= 0.6 is 0 Å². The van der Waals surface area contributed by atoms with Crippen LogP contribution in [0.3, 0.4) is 0 Å². The van der Waals surface area contributed by atoms with Crippen LogP contribution in [-0.4, -0.2) is 24.6 Å². The Labute approximate surface area is 106 Å². The molecule has 6 heteroatoms. The average Bonchev–Trinajstić information content (AvgIpc) is 2.34. The molecule has 3 N–H and O–H groups in total. The van der Waals surface area contributed by atoms with E-state index in [1.54, 1.807) is 12.1 Å². The fourth-order valence-electron chi connectivity index (χ4n) is 1.41. The predicted molar refractivity (Wildman–Crippen MR) is 71.0 cm³/mol. The number of nitro benzene ring substituents is 1. The first-order chi connectivity index (χ1) is 8.45. The number of anilines is 1. The van der Waals surface area contributed by atoms with Gasteiger partial charge in [0.15, 0.2) is 5.75 Å². The SMILES string of the molecule is COc1cc(NCC(N)C(C)C)ccc1[N+](=O)[O-]. The minimum absolute atomic E-state index is 0.0335. The lowest BCUT2D eigenvalue weighted by atomic mass is 10.1. The van der Waals surface area contributed by atoms with Crippen molar-refractivity contribution in [3.05, 3.63) is 28.3 Å². The highest BCUT2D eigenvalue weighted by Gasteiger charge is 2.15. The van der Waals surface area contributed by atoms with Gasteiger partial charge >= 0.3 is 5.69 Å². The van der Waals surface area contributed by atoms with Crippen molar-refractivity contribution in [2.75, 3.05) is 19.0 Å². The van der Waals surface area contributed by atoms with Gasteiger partial charge in [-0.3, -0.25) is 10.1 Å². The van der Waals surface area contributed by atoms with E-state index in [-0.39, 0.29) is 17.5 Å². The Morgan fingerprint density at radius 3 is 2.67 bits per heavy atom. The molecule has 0 aliphatic rings. The van der Waals surface area contributed by atoms with Gasteiger partial charge in [-0.2, -0.15) is 0 Å². The van der Waals surface area contributed by atoms with Crippen molar-refractivity contribution in [1.29, 1.82) is 0 Å². The average molecular weight is 253 g/mol. The maximum Gasteiger partial charge on any atom is 0.311 e. The van der Waals surface area contributed by atoms with Crippen LogP contribution in [0.5, 0.6) is 5.75 Å². The van der Waals surface area contributed by atoms with E-state index in [0.29, 0.717) is 12.5 Å². The Balaban J connectivity index is 2.77. The Bertz CT molecular complexity index is 421. The number of hydrogen-bond acceptors (Lipinski definition) is 5. The van der Waals surface area contributed by atoms with Crippen LogP contribution in [0.15, 0.2) is 18.2 Å². The zero-order valence-electron chi connectivity index (χ0n) is 10.8. The number of methoxy groups -OCH3 is 1. The highest BCUT2D eigenvalue weighted by atomic mass is 16.6. The van der Waals surface area contributed by atoms with Crippen LogP contribution in [0.4, 0.5) is 11.4 Å². The standard InChI is InChI=1S/C12H19N3O3/c1-8(2)10(13)7-14-9-4-5-11(15(16)17)12(6-9)18-3/h4-6,8,10,14H,7,13H2,1-3H3. The number of ether oxygens (including phenoxy) is 1. The van der Waals surface area contributed by atoms with Gasteiger partial charge in [-0.25, -0.2) is 0 Å². The van der Waals surface area contributed by atoms with Crippen LogP contribution in [0.1, 0.15) is 13.8 Å². The molecule has 0 saturated heterocycles. The third-order valence-electron chi connectivity index (χ3n) is 2.77. The predicted octanol–water partition coefficient (Wildman–Crippen LogP) is 2.00. The molecule has 1 aromatic carbocycles. The van der Waals surface area contributed by atoms with E-state index >= 15 is 0 Å². The Hall–Kier alpha value is -1.82. The van der Waals surface area contributed by atoms with Gasteiger partial charge in [0.1, 0.15) is 0 Å². The molecule has 100 valence electrons. The number of nitrogens with zero attached hydrogens (tertiary/aromatic N) is 1. The van der Waals surface area contributed by atoms with Crippen LogP contribution in [0.25, 0.3) is 0 Å². The molecule has 0 fully saturated rings. The molecule has 1 rings (SSSR count). The second-order valence-corrected chi connectivity index (χ2v) is 4.43. The second-order valence-electron chi connectivity index (χ2n) is 4.43. The largest absolute Gasteiger partial charge is 0.490 e. The number of benzene rings is 1. The topological polar surface area (TPSA) is 90.4 Å². The summed E-state index contributed by atoms with van der Waals surface area (Å²) in [6, 6.07) is 4.70. The van der Waals surface area contributed by atoms with Crippen LogP contribution in [0.2, 0.25) is 0 Å². The molecule has 18 heavy (non-hydrogen) atoms. The Kier molecular flexibility index (Phi) is 4.91. The van der Waals surface area contributed by atoms with E-state index in [1.165, 1.54) is 13.2 Å². The van der Waals surface area contributed by atoms with Gasteiger partial charge in [0, 0.05) is 30.4 Å². The first-order valence-corrected chi connectivity index (χ1v) is 5.77. The van der Waals surface area contributed by atoms with Gasteiger partial charge in [-0.1, -0.05) is 13.8 Å². The molecule has 1 unspecified atom stereocenters. The molecule has 0 bridgehead atoms. The van der Waals surface area contributed by atoms with Crippen LogP contribution < -0.4 is 15.8 Å². The molecule has 0 aromatic heterocycles. The zero-order chi connectivity index (χ0) is 13.7. The maximum atomic E-state index is 10.7. The summed E-state index contributed by atoms with van der Waals surface area (Å²) < 4.78 is 4.99. The molecule has 1 aromatic rings. The van der Waals surface area contributed by atoms with Crippen molar-refractivity contribution in [3.63, 3.8) is 0 Å². The molecule has 0 amide bonds. The van der Waals surface area contributed by atoms with Gasteiger partial charge in [-0.05, 0) is 12.0 Å². The van der Waals surface area contributed by atoms with Gasteiger partial charge in [-0.15, -0.1) is 0 Å². The van der Waals surface area contributed by atoms with Crippen molar-refractivity contribution in [2.24, 2.45) is 11.7 Å². The third kappa shape index (κ3) is 3.59. The van der Waals surface area contributed by atoms with E-state index < -0.39 is 4.92 Å². The highest BCUT2D eigenvalue weighted by Crippen LogP contribution is 2.29. The van der Waals surface area contributed by atoms with E-state index in [2.05, 4.69) is 5.32 Å². The van der Waals surface area contributed by atoms with Crippen molar-refractivity contribution in [1.82, 2.24) is 0 Å². The summed E-state index contributed by atoms with van der Waals surface area (Å²) in [5, 5.41) is 13.9. The summed E-state index contributed by atoms with van der Waals surface area (Å²) in [6.07, 6.45) is 0. The van der Waals surface area contributed by atoms with Gasteiger partial charge in [0.05, 0.1) is 12.0 Å². The summed E-state index contributed by atoms with van der Waals surface area (Å²) >= 11 is 0. The van der Waals surface area contributed by atoms with Crippen LogP contribution in [0, 0.1) is 16.0 Å². The van der Waals surface area contributed by atoms with Gasteiger partial charge < -0.3 is 15.8 Å². The maximum absolute atomic E-state index is 10.7. The number of nitrogens with one attached hydrogen (secondary N) is 1. The van der Waals surface area contributed by atoms with E-state index in [4.69, 9.17) is 10.5 Å². The molecule has 0 aliphatic heterocycles. The summed E-state index contributed by atoms with van der Waals surface area (Å²) in [4.78, 5) is 10.3. The fourth-order valence-corrected chi connectivity index (χ4v) is 1.41. The molecule has 1 atom stereocenters. The fraction of sp³-hybridized carbons (Fsp3) is 0.500. The molecular formula is C12H19N3O3. The lowest BCUT2D eigenvalue weighted by Gasteiger charge is -2.17. The lowest BCUT2D eigenvalue weighted by Crippen LogP contribution is -2.33. The minimum Gasteiger partial charge on any atom is -0.490 e. The van der Waals surface area contributed by atoms with Crippen LogP contribution in [-0.2, 0) is 0 Å². The van der Waals surface area contributed by atoms with Crippen molar-refractivity contribution >= 4 is 11.4 Å². The first-order valence-electron chi connectivity index (χ1n) is 5.77. The molecule has 0 saturated carbocycles. The monoisotopic (exact) mass is 253 g/mol. The molecule has 6 nitrogen and oxygen atoms in total. The van der Waals surface area contributed by atoms with E-state index in [0.717, 1.165) is 5.69 Å². The number of hydrogen-bond donors (Lipinski definition) is 2. The number of nitrogens with two attached hydrogens (primary N) is 1. The molecule has 0 radical (unpaired) electrons. The quantitative estimate of drug-likeness (QED) is 0.597. The highest BCUT2D eigenvalue weighted by molar-refractivity contribution is 5.58. The summed E-state index contributed by atoms with van der Waals surface area (Å²) in [7, 11) is 1.41. The third-order valence-corrected chi connectivity index (χ3v) is 2.77. The summed E-state index contributed by atoms with van der Waals surface area (Å²) in [6.45, 7) is 4.70. The molecular weight excluding hydrogens is 234 g/mol. The molecule has 0 spiro atoms. The molecule has 0 heterocycles. The smallest absolute Gasteiger partial charge is 0.311 e. The van der Waals surface area contributed by atoms with Crippen molar-refractivity contribution < 1.29 is 9.66 Å². The number of nitro groups is 1. The Morgan fingerprint density at radius 2 is 2.17 bits per heavy atom. The summed E-state index contributed by atoms with van der Waals surface area (Å²) in [5.41, 5.74) is 6.62. The van der Waals surface area contributed by atoms with E-state index in [9.17, 15) is 10.1 Å². The normalized spacial score (nSPS) is 12.3. The van der Waals surface area contributed by atoms with Crippen molar-refractivity contribution in [3.8, 4) is 5.75 Å². The van der Waals surface area contributed by atoms with Gasteiger partial charge in [0.2, 0.25) is 0 Å². The molecule has 0 aliphatic carbocycles. The summed E-state index contributed by atoms with van der Waals surface area (Å²) in [5.74, 6) is 0.612. The zero-order valence-corrected chi connectivity index (χ0v) is 10.8. The number of rotatable bonds is 6. The Morgan fingerprint density at radius 1 is 1.50 bits per heavy atom. The van der Waals surface area contributed by atoms with Gasteiger partial charge in [0.25, 0.3) is 0 Å². The first kappa shape index (κ1) is 14.2. The van der Waals surface area contributed by atoms with E-state index in [1.807, 2.05) is 13.8 Å². The second kappa shape index (κ2) is 6.20.